The maximum atomic E-state index is 12.4. The Bertz CT molecular complexity index is 1020. The molecule has 0 atom stereocenters. The highest BCUT2D eigenvalue weighted by Crippen LogP contribution is 2.39. The molecule has 0 amide bonds. The van der Waals surface area contributed by atoms with E-state index in [9.17, 15) is 4.79 Å². The predicted molar refractivity (Wildman–Crippen MR) is 123 cm³/mol. The summed E-state index contributed by atoms with van der Waals surface area (Å²) < 4.78 is 32.2. The van der Waals surface area contributed by atoms with Crippen LogP contribution in [0.25, 0.3) is 12.2 Å². The molecule has 0 aliphatic carbocycles. The van der Waals surface area contributed by atoms with Gasteiger partial charge in [0.05, 0.1) is 35.5 Å². The van der Waals surface area contributed by atoms with Crippen LogP contribution in [0.1, 0.15) is 11.1 Å². The van der Waals surface area contributed by atoms with Gasteiger partial charge in [-0.25, -0.2) is 0 Å². The molecular weight excluding hydrogens is 412 g/mol. The van der Waals surface area contributed by atoms with Crippen molar-refractivity contribution in [3.8, 4) is 46.8 Å². The lowest BCUT2D eigenvalue weighted by Crippen LogP contribution is -2.00. The van der Waals surface area contributed by atoms with Gasteiger partial charge in [0.15, 0.2) is 28.8 Å². The van der Waals surface area contributed by atoms with E-state index in [2.05, 4.69) is 5.92 Å². The third-order valence-corrected chi connectivity index (χ3v) is 4.37. The highest BCUT2D eigenvalue weighted by molar-refractivity contribution is 6.04. The average Bonchev–Trinajstić information content (AvgIpc) is 2.83. The molecule has 7 heteroatoms. The molecule has 0 bridgehead atoms. The summed E-state index contributed by atoms with van der Waals surface area (Å²) in [5.41, 5.74) is 1.33. The van der Waals surface area contributed by atoms with Gasteiger partial charge < -0.3 is 28.4 Å². The summed E-state index contributed by atoms with van der Waals surface area (Å²) >= 11 is 0. The highest BCUT2D eigenvalue weighted by Gasteiger charge is 2.14. The summed E-state index contributed by atoms with van der Waals surface area (Å²) in [6.45, 7) is 0.0731. The Morgan fingerprint density at radius 2 is 1.41 bits per heavy atom. The molecule has 0 aliphatic rings. The van der Waals surface area contributed by atoms with Crippen LogP contribution in [0.2, 0.25) is 0 Å². The van der Waals surface area contributed by atoms with Crippen LogP contribution in [-0.4, -0.2) is 47.9 Å². The van der Waals surface area contributed by atoms with Crippen molar-refractivity contribution in [2.45, 2.75) is 0 Å². The van der Waals surface area contributed by atoms with Gasteiger partial charge in [-0.2, -0.15) is 0 Å². The minimum Gasteiger partial charge on any atom is -0.497 e. The molecule has 168 valence electrons. The maximum Gasteiger partial charge on any atom is 0.204 e. The number of hydrogen-bond donors (Lipinski definition) is 0. The molecule has 2 rings (SSSR count). The Morgan fingerprint density at radius 3 is 1.94 bits per heavy atom. The van der Waals surface area contributed by atoms with Crippen LogP contribution in [0.4, 0.5) is 0 Å². The lowest BCUT2D eigenvalue weighted by Gasteiger charge is -2.14. The van der Waals surface area contributed by atoms with Gasteiger partial charge in [0.1, 0.15) is 12.4 Å². The largest absolute Gasteiger partial charge is 0.497 e. The van der Waals surface area contributed by atoms with E-state index in [1.54, 1.807) is 43.5 Å². The Hall–Kier alpha value is -4.05. The van der Waals surface area contributed by atoms with Crippen LogP contribution in [0, 0.1) is 12.3 Å². The van der Waals surface area contributed by atoms with Crippen molar-refractivity contribution in [3.63, 3.8) is 0 Å². The van der Waals surface area contributed by atoms with Crippen LogP contribution < -0.4 is 28.4 Å². The third-order valence-electron chi connectivity index (χ3n) is 4.37. The maximum absolute atomic E-state index is 12.4. The van der Waals surface area contributed by atoms with E-state index in [1.807, 2.05) is 0 Å². The Balaban J connectivity index is 2.28. The first-order chi connectivity index (χ1) is 15.5. The molecule has 0 saturated heterocycles. The molecular formula is C25H26O7. The lowest BCUT2D eigenvalue weighted by molar-refractivity contribution is -0.110. The minimum absolute atomic E-state index is 0.0731. The number of rotatable bonds is 11. The summed E-state index contributed by atoms with van der Waals surface area (Å²) in [5.74, 6) is 5.02. The van der Waals surface area contributed by atoms with Crippen molar-refractivity contribution in [2.24, 2.45) is 0 Å². The number of terminal acetylenes is 1. The predicted octanol–water partition coefficient (Wildman–Crippen LogP) is 4.04. The number of carbonyl (C=O) groups excluding carboxylic acids is 1. The SMILES string of the molecule is C#CCOc1c(OC)cc(C=CC(=O)C=Cc2cc(OC)cc(OC)c2OC)cc1OC. The molecule has 0 fully saturated rings. The molecule has 7 nitrogen and oxygen atoms in total. The molecule has 0 unspecified atom stereocenters. The zero-order valence-corrected chi connectivity index (χ0v) is 18.8. The van der Waals surface area contributed by atoms with Crippen molar-refractivity contribution >= 4 is 17.9 Å². The molecule has 32 heavy (non-hydrogen) atoms. The van der Waals surface area contributed by atoms with Crippen LogP contribution in [0.15, 0.2) is 36.4 Å². The van der Waals surface area contributed by atoms with Crippen molar-refractivity contribution in [1.29, 1.82) is 0 Å². The van der Waals surface area contributed by atoms with Gasteiger partial charge in [-0.15, -0.1) is 6.42 Å². The van der Waals surface area contributed by atoms with E-state index < -0.39 is 0 Å². The number of allylic oxidation sites excluding steroid dienone is 2. The number of benzene rings is 2. The van der Waals surface area contributed by atoms with Gasteiger partial charge in [0.2, 0.25) is 5.75 Å². The highest BCUT2D eigenvalue weighted by atomic mass is 16.5. The molecule has 2 aromatic rings. The average molecular weight is 438 g/mol. The topological polar surface area (TPSA) is 72.5 Å². The monoisotopic (exact) mass is 438 g/mol. The van der Waals surface area contributed by atoms with Crippen molar-refractivity contribution in [3.05, 3.63) is 47.5 Å². The molecule has 0 aromatic heterocycles. The third kappa shape index (κ3) is 5.99. The minimum atomic E-state index is -0.237. The van der Waals surface area contributed by atoms with Crippen molar-refractivity contribution in [1.82, 2.24) is 0 Å². The van der Waals surface area contributed by atoms with E-state index in [-0.39, 0.29) is 12.4 Å². The smallest absolute Gasteiger partial charge is 0.204 e. The number of carbonyl (C=O) groups is 1. The fraction of sp³-hybridized carbons (Fsp3) is 0.240. The van der Waals surface area contributed by atoms with E-state index >= 15 is 0 Å². The zero-order chi connectivity index (χ0) is 23.5. The molecule has 2 aromatic carbocycles. The van der Waals surface area contributed by atoms with Crippen LogP contribution in [-0.2, 0) is 4.79 Å². The van der Waals surface area contributed by atoms with Crippen LogP contribution in [0.5, 0.6) is 34.5 Å². The second kappa shape index (κ2) is 12.0. The van der Waals surface area contributed by atoms with Crippen molar-refractivity contribution in [2.75, 3.05) is 42.2 Å². The molecule has 0 radical (unpaired) electrons. The first-order valence-corrected chi connectivity index (χ1v) is 9.53. The van der Waals surface area contributed by atoms with Gasteiger partial charge in [-0.05, 0) is 42.0 Å². The van der Waals surface area contributed by atoms with Gasteiger partial charge in [-0.3, -0.25) is 4.79 Å². The summed E-state index contributed by atoms with van der Waals surface area (Å²) in [6, 6.07) is 6.89. The first kappa shape index (κ1) is 24.2. The van der Waals surface area contributed by atoms with Crippen molar-refractivity contribution < 1.29 is 33.2 Å². The second-order valence-electron chi connectivity index (χ2n) is 6.27. The van der Waals surface area contributed by atoms with Gasteiger partial charge in [-0.1, -0.05) is 12.0 Å². The summed E-state index contributed by atoms with van der Waals surface area (Å²) in [6.07, 6.45) is 11.4. The lowest BCUT2D eigenvalue weighted by atomic mass is 10.1. The summed E-state index contributed by atoms with van der Waals surface area (Å²) in [4.78, 5) is 12.4. The van der Waals surface area contributed by atoms with E-state index in [4.69, 9.17) is 34.8 Å². The van der Waals surface area contributed by atoms with Crippen LogP contribution in [0.3, 0.4) is 0 Å². The molecule has 0 N–H and O–H groups in total. The normalized spacial score (nSPS) is 10.6. The Labute approximate surface area is 188 Å². The van der Waals surface area contributed by atoms with Crippen LogP contribution >= 0.6 is 0 Å². The Morgan fingerprint density at radius 1 is 0.812 bits per heavy atom. The van der Waals surface area contributed by atoms with E-state index in [0.29, 0.717) is 45.6 Å². The number of ether oxygens (including phenoxy) is 6. The zero-order valence-electron chi connectivity index (χ0n) is 18.8. The summed E-state index contributed by atoms with van der Waals surface area (Å²) in [5, 5.41) is 0. The second-order valence-corrected chi connectivity index (χ2v) is 6.27. The molecule has 0 heterocycles. The molecule has 0 aliphatic heterocycles. The number of methoxy groups -OCH3 is 5. The number of hydrogen-bond acceptors (Lipinski definition) is 7. The fourth-order valence-electron chi connectivity index (χ4n) is 2.87. The Kier molecular flexibility index (Phi) is 9.05. The van der Waals surface area contributed by atoms with Gasteiger partial charge in [0, 0.05) is 11.6 Å². The van der Waals surface area contributed by atoms with Gasteiger partial charge >= 0.3 is 0 Å². The standard InChI is InChI=1S/C25H26O7/c1-7-12-32-25-21(28-3)13-17(14-22(25)29-4)8-10-19(26)11-9-18-15-20(27-2)16-23(30-5)24(18)31-6/h1,8-11,13-16H,12H2,2-6H3. The van der Waals surface area contributed by atoms with Gasteiger partial charge in [0.25, 0.3) is 0 Å². The molecule has 0 spiro atoms. The summed E-state index contributed by atoms with van der Waals surface area (Å²) in [7, 11) is 7.63. The van der Waals surface area contributed by atoms with E-state index in [0.717, 1.165) is 0 Å². The first-order valence-electron chi connectivity index (χ1n) is 9.53. The van der Waals surface area contributed by atoms with E-state index in [1.165, 1.54) is 40.6 Å². The quantitative estimate of drug-likeness (QED) is 0.387. The molecule has 0 saturated carbocycles. The fourth-order valence-corrected chi connectivity index (χ4v) is 2.87. The number of ketones is 1.